The fraction of sp³-hybridized carbons (Fsp3) is 0.533. The van der Waals surface area contributed by atoms with Crippen molar-refractivity contribution in [3.8, 4) is 0 Å². The minimum Gasteiger partial charge on any atom is -0.392 e. The van der Waals surface area contributed by atoms with Crippen LogP contribution in [0, 0.1) is 0 Å². The molecule has 2 N–H and O–H groups in total. The van der Waals surface area contributed by atoms with Crippen LogP contribution >= 0.6 is 52.3 Å². The van der Waals surface area contributed by atoms with Gasteiger partial charge in [0.05, 0.1) is 28.5 Å². The molecule has 2 heterocycles. The third-order valence-electron chi connectivity index (χ3n) is 4.09. The minimum absolute atomic E-state index is 0. The van der Waals surface area contributed by atoms with Crippen LogP contribution < -0.4 is 5.32 Å². The quantitative estimate of drug-likeness (QED) is 0.742. The van der Waals surface area contributed by atoms with E-state index in [2.05, 4.69) is 30.8 Å². The highest BCUT2D eigenvalue weighted by atomic mass is 79.9. The molecular weight excluding hydrogens is 424 g/mol. The summed E-state index contributed by atoms with van der Waals surface area (Å²) >= 11 is 9.75. The van der Waals surface area contributed by atoms with Crippen molar-refractivity contribution < 1.29 is 5.11 Å². The molecule has 0 bridgehead atoms. The molecule has 0 aliphatic carbocycles. The molecule has 0 spiro atoms. The van der Waals surface area contributed by atoms with E-state index in [9.17, 15) is 5.11 Å². The first-order chi connectivity index (χ1) is 10.1. The van der Waals surface area contributed by atoms with Crippen LogP contribution in [0.25, 0.3) is 11.0 Å². The normalized spacial score (nSPS) is 20.8. The number of nitrogens with one attached hydrogen (secondary N) is 1. The van der Waals surface area contributed by atoms with Crippen LogP contribution in [0.5, 0.6) is 0 Å². The Labute approximate surface area is 161 Å². The number of aliphatic hydroxyl groups is 1. The van der Waals surface area contributed by atoms with Crippen molar-refractivity contribution in [1.29, 1.82) is 0 Å². The molecule has 1 aliphatic heterocycles. The third-order valence-corrected chi connectivity index (χ3v) is 4.84. The number of piperidine rings is 1. The number of hydrogen-bond acceptors (Lipinski definition) is 3. The van der Waals surface area contributed by atoms with Gasteiger partial charge in [-0.15, -0.1) is 24.8 Å². The van der Waals surface area contributed by atoms with E-state index in [1.165, 1.54) is 0 Å². The van der Waals surface area contributed by atoms with Gasteiger partial charge in [0.15, 0.2) is 0 Å². The summed E-state index contributed by atoms with van der Waals surface area (Å²) in [6.07, 6.45) is 5.56. The third kappa shape index (κ3) is 4.97. The first-order valence-corrected chi connectivity index (χ1v) is 8.53. The molecule has 2 unspecified atom stereocenters. The molecule has 1 aliphatic rings. The van der Waals surface area contributed by atoms with Gasteiger partial charge in [-0.1, -0.05) is 27.5 Å². The van der Waals surface area contributed by atoms with Crippen LogP contribution in [0.3, 0.4) is 0 Å². The summed E-state index contributed by atoms with van der Waals surface area (Å²) in [5.74, 6) is 0. The van der Waals surface area contributed by atoms with E-state index in [4.69, 9.17) is 11.6 Å². The predicted octanol–water partition coefficient (Wildman–Crippen LogP) is 4.19. The lowest BCUT2D eigenvalue weighted by Gasteiger charge is -2.29. The Hall–Kier alpha value is -0.0400. The summed E-state index contributed by atoms with van der Waals surface area (Å²) in [7, 11) is 0. The average molecular weight is 446 g/mol. The van der Waals surface area contributed by atoms with Gasteiger partial charge in [0.1, 0.15) is 0 Å². The topological polar surface area (TPSA) is 50.1 Å². The highest BCUT2D eigenvalue weighted by Crippen LogP contribution is 2.27. The Kier molecular flexibility index (Phi) is 8.63. The predicted molar refractivity (Wildman–Crippen MR) is 103 cm³/mol. The van der Waals surface area contributed by atoms with Gasteiger partial charge in [0, 0.05) is 17.1 Å². The number of halogens is 4. The standard InChI is InChI=1S/C15H19BrClN3O.2ClH/c16-10-7-11(17)15-13(8-10)19-9-20(15)6-2-3-12-14(21)4-1-5-18-12;;/h7-9,12,14,18,21H,1-6H2;2*1H. The molecule has 4 nitrogen and oxygen atoms in total. The minimum atomic E-state index is -0.210. The molecule has 2 aromatic rings. The van der Waals surface area contributed by atoms with Crippen molar-refractivity contribution in [3.05, 3.63) is 28.0 Å². The molecule has 23 heavy (non-hydrogen) atoms. The molecule has 1 aromatic carbocycles. The van der Waals surface area contributed by atoms with Gasteiger partial charge in [-0.25, -0.2) is 4.98 Å². The number of benzene rings is 1. The Balaban J connectivity index is 0.00000132. The molecule has 0 radical (unpaired) electrons. The van der Waals surface area contributed by atoms with Crippen LogP contribution in [0.4, 0.5) is 0 Å². The highest BCUT2D eigenvalue weighted by molar-refractivity contribution is 9.10. The van der Waals surface area contributed by atoms with Crippen molar-refractivity contribution in [2.45, 2.75) is 44.4 Å². The Morgan fingerprint density at radius 3 is 2.91 bits per heavy atom. The molecule has 1 aromatic heterocycles. The van der Waals surface area contributed by atoms with Crippen molar-refractivity contribution in [2.75, 3.05) is 6.54 Å². The van der Waals surface area contributed by atoms with Gasteiger partial charge in [-0.2, -0.15) is 0 Å². The van der Waals surface area contributed by atoms with Crippen LogP contribution in [0.1, 0.15) is 25.7 Å². The Morgan fingerprint density at radius 2 is 2.17 bits per heavy atom. The summed E-state index contributed by atoms with van der Waals surface area (Å²) in [5.41, 5.74) is 1.89. The molecule has 8 heteroatoms. The number of imidazole rings is 1. The number of rotatable bonds is 4. The summed E-state index contributed by atoms with van der Waals surface area (Å²) in [6.45, 7) is 1.87. The Bertz CT molecular complexity index is 638. The lowest BCUT2D eigenvalue weighted by atomic mass is 9.97. The fourth-order valence-corrected chi connectivity index (χ4v) is 3.91. The molecule has 1 saturated heterocycles. The van der Waals surface area contributed by atoms with Crippen molar-refractivity contribution >= 4 is 63.4 Å². The first-order valence-electron chi connectivity index (χ1n) is 7.36. The van der Waals surface area contributed by atoms with E-state index < -0.39 is 0 Å². The smallest absolute Gasteiger partial charge is 0.0958 e. The second-order valence-corrected chi connectivity index (χ2v) is 6.93. The molecule has 130 valence electrons. The summed E-state index contributed by atoms with van der Waals surface area (Å²) < 4.78 is 3.04. The summed E-state index contributed by atoms with van der Waals surface area (Å²) in [4.78, 5) is 4.40. The van der Waals surface area contributed by atoms with Crippen LogP contribution in [-0.2, 0) is 6.54 Å². The molecular formula is C15H21BrCl3N3O. The number of aromatic nitrogens is 2. The molecule has 2 atom stereocenters. The number of nitrogens with zero attached hydrogens (tertiary/aromatic N) is 2. The van der Waals surface area contributed by atoms with Crippen molar-refractivity contribution in [2.24, 2.45) is 0 Å². The van der Waals surface area contributed by atoms with Gasteiger partial charge in [0.25, 0.3) is 0 Å². The summed E-state index contributed by atoms with van der Waals surface area (Å²) in [5, 5.41) is 14.1. The van der Waals surface area contributed by atoms with E-state index in [-0.39, 0.29) is 37.0 Å². The second-order valence-electron chi connectivity index (χ2n) is 5.61. The molecule has 0 amide bonds. The zero-order valence-corrected chi connectivity index (χ0v) is 16.5. The van der Waals surface area contributed by atoms with Crippen LogP contribution in [0.2, 0.25) is 5.02 Å². The zero-order chi connectivity index (χ0) is 14.8. The van der Waals surface area contributed by atoms with Crippen molar-refractivity contribution in [1.82, 2.24) is 14.9 Å². The molecule has 1 fully saturated rings. The number of aliphatic hydroxyl groups excluding tert-OH is 1. The van der Waals surface area contributed by atoms with Gasteiger partial charge < -0.3 is 15.0 Å². The maximum absolute atomic E-state index is 9.96. The maximum Gasteiger partial charge on any atom is 0.0958 e. The lowest BCUT2D eigenvalue weighted by molar-refractivity contribution is 0.0909. The highest BCUT2D eigenvalue weighted by Gasteiger charge is 2.21. The molecule has 3 rings (SSSR count). The number of hydrogen-bond donors (Lipinski definition) is 2. The summed E-state index contributed by atoms with van der Waals surface area (Å²) in [6, 6.07) is 4.09. The maximum atomic E-state index is 9.96. The van der Waals surface area contributed by atoms with E-state index in [1.807, 2.05) is 18.5 Å². The van der Waals surface area contributed by atoms with Gasteiger partial charge in [0.2, 0.25) is 0 Å². The Morgan fingerprint density at radius 1 is 1.39 bits per heavy atom. The average Bonchev–Trinajstić information content (AvgIpc) is 2.84. The van der Waals surface area contributed by atoms with Crippen LogP contribution in [-0.4, -0.2) is 33.3 Å². The SMILES string of the molecule is Cl.Cl.OC1CCCNC1CCCn1cnc2cc(Br)cc(Cl)c21. The fourth-order valence-electron chi connectivity index (χ4n) is 3.01. The van der Waals surface area contributed by atoms with E-state index in [1.54, 1.807) is 0 Å². The lowest BCUT2D eigenvalue weighted by Crippen LogP contribution is -2.44. The molecule has 0 saturated carbocycles. The first kappa shape index (κ1) is 21.0. The van der Waals surface area contributed by atoms with Gasteiger partial charge in [-0.3, -0.25) is 0 Å². The zero-order valence-electron chi connectivity index (χ0n) is 12.5. The number of aryl methyl sites for hydroxylation is 1. The number of fused-ring (bicyclic) bond motifs is 1. The largest absolute Gasteiger partial charge is 0.392 e. The van der Waals surface area contributed by atoms with Crippen molar-refractivity contribution in [3.63, 3.8) is 0 Å². The van der Waals surface area contributed by atoms with Crippen LogP contribution in [0.15, 0.2) is 22.9 Å². The van der Waals surface area contributed by atoms with E-state index in [0.717, 1.165) is 54.3 Å². The van der Waals surface area contributed by atoms with E-state index in [0.29, 0.717) is 5.02 Å². The van der Waals surface area contributed by atoms with Gasteiger partial charge in [-0.05, 0) is 44.4 Å². The van der Waals surface area contributed by atoms with Gasteiger partial charge >= 0.3 is 0 Å². The van der Waals surface area contributed by atoms with E-state index >= 15 is 0 Å². The second kappa shape index (κ2) is 9.44. The monoisotopic (exact) mass is 443 g/mol.